The molecule has 1 N–H and O–H groups in total. The zero-order valence-electron chi connectivity index (χ0n) is 19.1. The Balaban J connectivity index is 1.61. The van der Waals surface area contributed by atoms with Crippen molar-refractivity contribution in [2.45, 2.75) is 44.7 Å². The smallest absolute Gasteiger partial charge is 0.243 e. The number of rotatable bonds is 9. The predicted octanol–water partition coefficient (Wildman–Crippen LogP) is 3.60. The Morgan fingerprint density at radius 3 is 2.39 bits per heavy atom. The molecule has 0 radical (unpaired) electrons. The van der Waals surface area contributed by atoms with Gasteiger partial charge in [-0.2, -0.15) is 4.31 Å². The normalized spacial score (nSPS) is 17.4. The maximum Gasteiger partial charge on any atom is 0.243 e. The summed E-state index contributed by atoms with van der Waals surface area (Å²) in [5.41, 5.74) is 1.64. The number of benzene rings is 2. The van der Waals surface area contributed by atoms with Crippen molar-refractivity contribution in [3.05, 3.63) is 64.7 Å². The Morgan fingerprint density at radius 1 is 1.15 bits per heavy atom. The van der Waals surface area contributed by atoms with Crippen LogP contribution in [-0.4, -0.2) is 49.1 Å². The van der Waals surface area contributed by atoms with Gasteiger partial charge in [0.1, 0.15) is 0 Å². The van der Waals surface area contributed by atoms with Gasteiger partial charge < -0.3 is 10.2 Å². The van der Waals surface area contributed by atoms with Crippen LogP contribution in [0.15, 0.2) is 53.4 Å². The molecule has 0 aromatic heterocycles. The van der Waals surface area contributed by atoms with Crippen LogP contribution in [0.2, 0.25) is 5.02 Å². The third-order valence-electron chi connectivity index (χ3n) is 5.99. The Labute approximate surface area is 200 Å². The molecule has 0 bridgehead atoms. The van der Waals surface area contributed by atoms with Crippen LogP contribution in [0.5, 0.6) is 0 Å². The number of likely N-dealkylation sites (tertiary alicyclic amines) is 1. The van der Waals surface area contributed by atoms with Crippen LogP contribution >= 0.6 is 11.6 Å². The molecule has 2 aromatic rings. The summed E-state index contributed by atoms with van der Waals surface area (Å²) >= 11 is 6.20. The van der Waals surface area contributed by atoms with E-state index in [1.807, 2.05) is 25.1 Å². The average molecular weight is 492 g/mol. The summed E-state index contributed by atoms with van der Waals surface area (Å²) in [5.74, 6) is -0.712. The molecule has 0 saturated carbocycles. The summed E-state index contributed by atoms with van der Waals surface area (Å²) in [4.78, 5) is 27.1. The highest BCUT2D eigenvalue weighted by molar-refractivity contribution is 7.89. The fraction of sp³-hybridized carbons (Fsp3) is 0.417. The third-order valence-corrected chi connectivity index (χ3v) is 8.42. The van der Waals surface area contributed by atoms with Gasteiger partial charge in [-0.25, -0.2) is 8.42 Å². The number of sulfonamides is 1. The first-order valence-electron chi connectivity index (χ1n) is 11.1. The quantitative estimate of drug-likeness (QED) is 0.580. The molecule has 9 heteroatoms. The number of nitrogens with zero attached hydrogens (tertiary/aromatic N) is 2. The van der Waals surface area contributed by atoms with Gasteiger partial charge in [0.05, 0.1) is 16.9 Å². The zero-order chi connectivity index (χ0) is 24.2. The lowest BCUT2D eigenvalue weighted by atomic mass is 10.1. The summed E-state index contributed by atoms with van der Waals surface area (Å²) in [7, 11) is -3.53. The van der Waals surface area contributed by atoms with Gasteiger partial charge in [-0.15, -0.1) is 0 Å². The maximum atomic E-state index is 12.8. The lowest BCUT2D eigenvalue weighted by molar-refractivity contribution is -0.129. The molecule has 2 atom stereocenters. The molecular weight excluding hydrogens is 462 g/mol. The molecule has 7 nitrogen and oxygen atoms in total. The Bertz CT molecular complexity index is 1100. The minimum absolute atomic E-state index is 0.0753. The van der Waals surface area contributed by atoms with Gasteiger partial charge in [0.25, 0.3) is 0 Å². The Hall–Kier alpha value is -2.42. The van der Waals surface area contributed by atoms with E-state index < -0.39 is 15.9 Å². The minimum Gasteiger partial charge on any atom is -0.349 e. The van der Waals surface area contributed by atoms with Crippen molar-refractivity contribution < 1.29 is 18.0 Å². The van der Waals surface area contributed by atoms with Crippen molar-refractivity contribution >= 4 is 33.4 Å². The van der Waals surface area contributed by atoms with Crippen molar-refractivity contribution in [1.82, 2.24) is 14.5 Å². The van der Waals surface area contributed by atoms with Crippen LogP contribution < -0.4 is 5.32 Å². The second kappa shape index (κ2) is 10.7. The summed E-state index contributed by atoms with van der Waals surface area (Å²) < 4.78 is 26.7. The molecular formula is C24H30ClN3O4S. The molecule has 3 rings (SSSR count). The molecule has 2 aromatic carbocycles. The van der Waals surface area contributed by atoms with E-state index >= 15 is 0 Å². The van der Waals surface area contributed by atoms with Gasteiger partial charge in [0.2, 0.25) is 21.8 Å². The highest BCUT2D eigenvalue weighted by Crippen LogP contribution is 2.25. The van der Waals surface area contributed by atoms with Crippen LogP contribution in [0, 0.1) is 5.92 Å². The summed E-state index contributed by atoms with van der Waals surface area (Å²) in [6, 6.07) is 13.6. The highest BCUT2D eigenvalue weighted by Gasteiger charge is 2.35. The van der Waals surface area contributed by atoms with Crippen molar-refractivity contribution in [3.63, 3.8) is 0 Å². The van der Waals surface area contributed by atoms with E-state index in [4.69, 9.17) is 11.6 Å². The zero-order valence-corrected chi connectivity index (χ0v) is 20.7. The highest BCUT2D eigenvalue weighted by atomic mass is 35.5. The number of halogens is 1. The molecule has 33 heavy (non-hydrogen) atoms. The van der Waals surface area contributed by atoms with Crippen molar-refractivity contribution in [2.24, 2.45) is 5.92 Å². The first-order chi connectivity index (χ1) is 15.7. The number of nitrogens with one attached hydrogen (secondary N) is 1. The molecule has 1 saturated heterocycles. The van der Waals surface area contributed by atoms with E-state index in [-0.39, 0.29) is 29.2 Å². The van der Waals surface area contributed by atoms with E-state index in [1.165, 1.54) is 4.31 Å². The summed E-state index contributed by atoms with van der Waals surface area (Å²) in [6.07, 6.45) is 0.157. The Kier molecular flexibility index (Phi) is 8.15. The topological polar surface area (TPSA) is 86.8 Å². The number of amides is 2. The lowest BCUT2D eigenvalue weighted by Crippen LogP contribution is -2.34. The molecule has 0 unspecified atom stereocenters. The number of carbonyl (C=O) groups is 2. The molecule has 1 aliphatic rings. The SMILES string of the molecule is CCN(CC)S(=O)(=O)c1ccc([C@H](C)NC(=O)[C@H]2CC(=O)N(Cc3ccccc3Cl)C2)cc1. The van der Waals surface area contributed by atoms with Crippen LogP contribution in [-0.2, 0) is 26.2 Å². The number of hydrogen-bond donors (Lipinski definition) is 1. The average Bonchev–Trinajstić information content (AvgIpc) is 3.16. The minimum atomic E-state index is -3.53. The molecule has 1 fully saturated rings. The van der Waals surface area contributed by atoms with Crippen LogP contribution in [0.4, 0.5) is 0 Å². The van der Waals surface area contributed by atoms with E-state index in [0.29, 0.717) is 31.2 Å². The third kappa shape index (κ3) is 5.75. The molecule has 178 valence electrons. The first kappa shape index (κ1) is 25.2. The van der Waals surface area contributed by atoms with Crippen LogP contribution in [0.25, 0.3) is 0 Å². The van der Waals surface area contributed by atoms with Crippen molar-refractivity contribution in [3.8, 4) is 0 Å². The predicted molar refractivity (Wildman–Crippen MR) is 128 cm³/mol. The molecule has 1 aliphatic heterocycles. The van der Waals surface area contributed by atoms with Gasteiger partial charge in [-0.3, -0.25) is 9.59 Å². The van der Waals surface area contributed by atoms with Gasteiger partial charge in [0, 0.05) is 37.6 Å². The number of carbonyl (C=O) groups excluding carboxylic acids is 2. The Morgan fingerprint density at radius 2 is 1.79 bits per heavy atom. The molecule has 1 heterocycles. The second-order valence-corrected chi connectivity index (χ2v) is 10.5. The molecule has 0 aliphatic carbocycles. The fourth-order valence-corrected chi connectivity index (χ4v) is 5.64. The number of hydrogen-bond acceptors (Lipinski definition) is 4. The first-order valence-corrected chi connectivity index (χ1v) is 12.9. The summed E-state index contributed by atoms with van der Waals surface area (Å²) in [5, 5.41) is 3.55. The van der Waals surface area contributed by atoms with Crippen LogP contribution in [0.1, 0.15) is 44.4 Å². The van der Waals surface area contributed by atoms with Gasteiger partial charge in [0.15, 0.2) is 0 Å². The molecule has 0 spiro atoms. The van der Waals surface area contributed by atoms with Crippen molar-refractivity contribution in [1.29, 1.82) is 0 Å². The van der Waals surface area contributed by atoms with Gasteiger partial charge >= 0.3 is 0 Å². The van der Waals surface area contributed by atoms with Gasteiger partial charge in [-0.1, -0.05) is 55.8 Å². The van der Waals surface area contributed by atoms with Crippen LogP contribution in [0.3, 0.4) is 0 Å². The second-order valence-electron chi connectivity index (χ2n) is 8.16. The van der Waals surface area contributed by atoms with Crippen molar-refractivity contribution in [2.75, 3.05) is 19.6 Å². The van der Waals surface area contributed by atoms with E-state index in [1.54, 1.807) is 49.1 Å². The lowest BCUT2D eigenvalue weighted by Gasteiger charge is -2.20. The maximum absolute atomic E-state index is 12.8. The van der Waals surface area contributed by atoms with Gasteiger partial charge in [-0.05, 0) is 36.2 Å². The largest absolute Gasteiger partial charge is 0.349 e. The van der Waals surface area contributed by atoms with E-state index in [0.717, 1.165) is 11.1 Å². The summed E-state index contributed by atoms with van der Waals surface area (Å²) in [6.45, 7) is 6.96. The monoisotopic (exact) mass is 491 g/mol. The molecule has 2 amide bonds. The fourth-order valence-electron chi connectivity index (χ4n) is 3.99. The standard InChI is InChI=1S/C24H30ClN3O4S/c1-4-28(5-2)33(31,32)21-12-10-18(11-13-21)17(3)26-24(30)20-14-23(29)27(16-20)15-19-8-6-7-9-22(19)25/h6-13,17,20H,4-5,14-16H2,1-3H3,(H,26,30)/t17-,20-/m0/s1. The van der Waals surface area contributed by atoms with E-state index in [2.05, 4.69) is 5.32 Å². The van der Waals surface area contributed by atoms with E-state index in [9.17, 15) is 18.0 Å².